The summed E-state index contributed by atoms with van der Waals surface area (Å²) in [4.78, 5) is 5.64. The molecule has 46 valence electrons. The van der Waals surface area contributed by atoms with Gasteiger partial charge in [-0.3, -0.25) is 0 Å². The quantitative estimate of drug-likeness (QED) is 0.534. The van der Waals surface area contributed by atoms with Crippen LogP contribution in [-0.4, -0.2) is 24.7 Å². The normalized spacial score (nSPS) is 9.25. The van der Waals surface area contributed by atoms with Crippen LogP contribution in [0.3, 0.4) is 0 Å². The second kappa shape index (κ2) is 4.61. The fraction of sp³-hybridized carbons (Fsp3) is 0.833. The van der Waals surface area contributed by atoms with Crippen LogP contribution < -0.4 is 0 Å². The van der Waals surface area contributed by atoms with Gasteiger partial charge in [-0.05, 0) is 0 Å². The second-order valence-corrected chi connectivity index (χ2v) is 1.63. The third kappa shape index (κ3) is 2.59. The van der Waals surface area contributed by atoms with Crippen LogP contribution in [0.5, 0.6) is 0 Å². The number of nitrogens with zero attached hydrogens (tertiary/aromatic N) is 2. The highest BCUT2D eigenvalue weighted by molar-refractivity contribution is 4.65. The summed E-state index contributed by atoms with van der Waals surface area (Å²) in [5.41, 5.74) is 0. The van der Waals surface area contributed by atoms with E-state index in [4.69, 9.17) is 6.57 Å². The van der Waals surface area contributed by atoms with Crippen LogP contribution in [0.25, 0.3) is 4.85 Å². The van der Waals surface area contributed by atoms with E-state index in [1.54, 1.807) is 0 Å². The Hall–Kier alpha value is -0.550. The van der Waals surface area contributed by atoms with Gasteiger partial charge in [0, 0.05) is 13.1 Å². The Morgan fingerprint density at radius 1 is 1.38 bits per heavy atom. The Morgan fingerprint density at radius 2 is 1.88 bits per heavy atom. The lowest BCUT2D eigenvalue weighted by molar-refractivity contribution is 0.336. The minimum Gasteiger partial charge on any atom is -0.233 e. The van der Waals surface area contributed by atoms with Crippen LogP contribution in [0, 0.1) is 6.57 Å². The van der Waals surface area contributed by atoms with Gasteiger partial charge in [-0.25, -0.2) is 4.90 Å². The molecule has 0 amide bonds. The standard InChI is InChI=1S/C6H13N2/c1-4-8(5-2)6-7-3/h3H,4-6H2,1-2H3/q+1. The topological polar surface area (TPSA) is 7.60 Å². The van der Waals surface area contributed by atoms with E-state index in [0.717, 1.165) is 13.1 Å². The summed E-state index contributed by atoms with van der Waals surface area (Å²) < 4.78 is 0. The van der Waals surface area contributed by atoms with Crippen LogP contribution in [0.4, 0.5) is 0 Å². The minimum absolute atomic E-state index is 0.660. The molecule has 2 nitrogen and oxygen atoms in total. The average Bonchev–Trinajstić information content (AvgIpc) is 1.83. The Balaban J connectivity index is 3.25. The smallest absolute Gasteiger partial charge is 0.233 e. The molecule has 0 saturated heterocycles. The average molecular weight is 113 g/mol. The van der Waals surface area contributed by atoms with Crippen LogP contribution in [0.1, 0.15) is 13.8 Å². The predicted molar refractivity (Wildman–Crippen MR) is 36.1 cm³/mol. The number of hydrogen-bond acceptors (Lipinski definition) is 1. The van der Waals surface area contributed by atoms with Crippen molar-refractivity contribution in [2.75, 3.05) is 19.8 Å². The first kappa shape index (κ1) is 7.45. The van der Waals surface area contributed by atoms with E-state index in [0.29, 0.717) is 6.67 Å². The van der Waals surface area contributed by atoms with Gasteiger partial charge in [-0.1, -0.05) is 18.7 Å². The molecule has 8 heavy (non-hydrogen) atoms. The highest BCUT2D eigenvalue weighted by Gasteiger charge is 1.99. The Labute approximate surface area is 50.9 Å². The van der Waals surface area contributed by atoms with Gasteiger partial charge in [-0.15, -0.1) is 0 Å². The number of hydrogen-bond donors (Lipinski definition) is 0. The van der Waals surface area contributed by atoms with Crippen molar-refractivity contribution in [3.05, 3.63) is 4.85 Å². The molecule has 0 aliphatic heterocycles. The van der Waals surface area contributed by atoms with Crippen molar-refractivity contribution in [3.8, 4) is 6.57 Å². The Bertz CT molecular complexity index is 79.0. The van der Waals surface area contributed by atoms with Crippen molar-refractivity contribution in [1.29, 1.82) is 0 Å². The molecule has 0 fully saturated rings. The summed E-state index contributed by atoms with van der Waals surface area (Å²) in [7, 11) is 0. The van der Waals surface area contributed by atoms with E-state index in [1.165, 1.54) is 0 Å². The lowest BCUT2D eigenvalue weighted by atomic mass is 10.6. The van der Waals surface area contributed by atoms with Gasteiger partial charge in [0.25, 0.3) is 6.57 Å². The summed E-state index contributed by atoms with van der Waals surface area (Å²) in [5, 5.41) is 0. The van der Waals surface area contributed by atoms with Gasteiger partial charge in [0.15, 0.2) is 0 Å². The molecule has 0 aliphatic carbocycles. The maximum absolute atomic E-state index is 4.96. The second-order valence-electron chi connectivity index (χ2n) is 1.63. The van der Waals surface area contributed by atoms with E-state index in [-0.39, 0.29) is 0 Å². The van der Waals surface area contributed by atoms with E-state index in [2.05, 4.69) is 23.6 Å². The van der Waals surface area contributed by atoms with Crippen molar-refractivity contribution < 1.29 is 0 Å². The number of rotatable bonds is 3. The first-order chi connectivity index (χ1) is 3.85. The van der Waals surface area contributed by atoms with Crippen molar-refractivity contribution in [1.82, 2.24) is 4.90 Å². The summed E-state index contributed by atoms with van der Waals surface area (Å²) in [6, 6.07) is 0. The first-order valence-electron chi connectivity index (χ1n) is 2.94. The third-order valence-corrected chi connectivity index (χ3v) is 1.18. The molecule has 0 aromatic heterocycles. The highest BCUT2D eigenvalue weighted by atomic mass is 15.2. The fourth-order valence-corrected chi connectivity index (χ4v) is 0.539. The molecule has 0 aliphatic rings. The molecule has 2 heteroatoms. The maximum Gasteiger partial charge on any atom is 0.319 e. The summed E-state index contributed by atoms with van der Waals surface area (Å²) in [6.07, 6.45) is 0. The fourth-order valence-electron chi connectivity index (χ4n) is 0.539. The van der Waals surface area contributed by atoms with Crippen molar-refractivity contribution in [3.63, 3.8) is 0 Å². The largest absolute Gasteiger partial charge is 0.319 e. The third-order valence-electron chi connectivity index (χ3n) is 1.18. The van der Waals surface area contributed by atoms with Crippen LogP contribution in [0.2, 0.25) is 0 Å². The molecule has 0 aromatic rings. The van der Waals surface area contributed by atoms with Crippen LogP contribution >= 0.6 is 0 Å². The Morgan fingerprint density at radius 3 is 2.00 bits per heavy atom. The van der Waals surface area contributed by atoms with Crippen molar-refractivity contribution >= 4 is 0 Å². The van der Waals surface area contributed by atoms with E-state index >= 15 is 0 Å². The van der Waals surface area contributed by atoms with Gasteiger partial charge in [0.2, 0.25) is 0 Å². The monoisotopic (exact) mass is 113 g/mol. The summed E-state index contributed by atoms with van der Waals surface area (Å²) in [6.45, 7) is 11.9. The van der Waals surface area contributed by atoms with Gasteiger partial charge in [0.05, 0.1) is 0 Å². The molecular formula is C6H13N2+. The molecule has 0 unspecified atom stereocenters. The van der Waals surface area contributed by atoms with Crippen LogP contribution in [0.15, 0.2) is 0 Å². The van der Waals surface area contributed by atoms with Crippen molar-refractivity contribution in [2.24, 2.45) is 0 Å². The molecule has 0 spiro atoms. The molecule has 0 heterocycles. The zero-order chi connectivity index (χ0) is 6.41. The lowest BCUT2D eigenvalue weighted by Crippen LogP contribution is -2.21. The molecule has 0 bridgehead atoms. The minimum atomic E-state index is 0.660. The molecule has 0 N–H and O–H groups in total. The molecule has 0 radical (unpaired) electrons. The maximum atomic E-state index is 4.96. The first-order valence-corrected chi connectivity index (χ1v) is 2.94. The highest BCUT2D eigenvalue weighted by Crippen LogP contribution is 1.84. The van der Waals surface area contributed by atoms with Gasteiger partial charge < -0.3 is 0 Å². The van der Waals surface area contributed by atoms with Crippen LogP contribution in [-0.2, 0) is 0 Å². The molecule has 0 rings (SSSR count). The van der Waals surface area contributed by atoms with E-state index in [1.807, 2.05) is 0 Å². The zero-order valence-electron chi connectivity index (χ0n) is 5.59. The molecule has 0 atom stereocenters. The van der Waals surface area contributed by atoms with Gasteiger partial charge in [-0.2, -0.15) is 0 Å². The van der Waals surface area contributed by atoms with E-state index < -0.39 is 0 Å². The molecular weight excluding hydrogens is 100 g/mol. The molecule has 0 aromatic carbocycles. The zero-order valence-corrected chi connectivity index (χ0v) is 5.59. The van der Waals surface area contributed by atoms with E-state index in [9.17, 15) is 0 Å². The lowest BCUT2D eigenvalue weighted by Gasteiger charge is -2.06. The molecule has 0 saturated carbocycles. The SMILES string of the molecule is C#[N+]CN(CC)CC. The summed E-state index contributed by atoms with van der Waals surface area (Å²) >= 11 is 0. The van der Waals surface area contributed by atoms with Crippen molar-refractivity contribution in [2.45, 2.75) is 13.8 Å². The van der Waals surface area contributed by atoms with Gasteiger partial charge in [0.1, 0.15) is 0 Å². The van der Waals surface area contributed by atoms with Gasteiger partial charge >= 0.3 is 6.67 Å². The predicted octanol–water partition coefficient (Wildman–Crippen LogP) is 1.25. The summed E-state index contributed by atoms with van der Waals surface area (Å²) in [5.74, 6) is 0. The Kier molecular flexibility index (Phi) is 4.29.